The number of amides is 1. The first-order valence-electron chi connectivity index (χ1n) is 12.2. The molecule has 3 aromatic rings. The average Bonchev–Trinajstić information content (AvgIpc) is 3.33. The molecule has 5 rings (SSSR count). The Morgan fingerprint density at radius 1 is 1.08 bits per heavy atom. The summed E-state index contributed by atoms with van der Waals surface area (Å²) in [4.78, 5) is 36.4. The fourth-order valence-corrected chi connectivity index (χ4v) is 5.25. The number of carbonyl (C=O) groups is 2. The summed E-state index contributed by atoms with van der Waals surface area (Å²) in [5.74, 6) is -1.29. The van der Waals surface area contributed by atoms with Gasteiger partial charge in [0.1, 0.15) is 0 Å². The first-order valence-corrected chi connectivity index (χ1v) is 12.6. The van der Waals surface area contributed by atoms with Gasteiger partial charge < -0.3 is 4.74 Å². The molecular formula is C29H24ClN3O5. The molecule has 2 aliphatic rings. The maximum absolute atomic E-state index is 13.4. The Labute approximate surface area is 224 Å². The van der Waals surface area contributed by atoms with E-state index in [0.717, 1.165) is 53.8 Å². The van der Waals surface area contributed by atoms with Crippen LogP contribution in [0.25, 0.3) is 6.08 Å². The van der Waals surface area contributed by atoms with E-state index in [9.17, 15) is 19.7 Å². The number of halogens is 1. The Hall–Kier alpha value is -4.30. The second-order valence-electron chi connectivity index (χ2n) is 9.16. The number of benzene rings is 3. The Kier molecular flexibility index (Phi) is 7.33. The molecule has 2 unspecified atom stereocenters. The zero-order chi connectivity index (χ0) is 26.6. The van der Waals surface area contributed by atoms with Gasteiger partial charge in [0, 0.05) is 18.1 Å². The second-order valence-corrected chi connectivity index (χ2v) is 9.56. The molecule has 0 saturated heterocycles. The molecule has 0 bridgehead atoms. The first kappa shape index (κ1) is 25.4. The molecule has 1 aliphatic heterocycles. The van der Waals surface area contributed by atoms with E-state index < -0.39 is 23.4 Å². The first-order chi connectivity index (χ1) is 18.4. The van der Waals surface area contributed by atoms with E-state index >= 15 is 0 Å². The highest BCUT2D eigenvalue weighted by Gasteiger charge is 2.43. The van der Waals surface area contributed by atoms with Crippen molar-refractivity contribution in [1.82, 2.24) is 5.01 Å². The van der Waals surface area contributed by atoms with Gasteiger partial charge in [0.2, 0.25) is 0 Å². The summed E-state index contributed by atoms with van der Waals surface area (Å²) < 4.78 is 5.28. The van der Waals surface area contributed by atoms with Crippen LogP contribution < -0.4 is 0 Å². The summed E-state index contributed by atoms with van der Waals surface area (Å²) in [5, 5.41) is 17.0. The van der Waals surface area contributed by atoms with Crippen molar-refractivity contribution in [3.05, 3.63) is 116 Å². The van der Waals surface area contributed by atoms with E-state index in [-0.39, 0.29) is 28.2 Å². The molecule has 2 atom stereocenters. The summed E-state index contributed by atoms with van der Waals surface area (Å²) in [6, 6.07) is 22.9. The van der Waals surface area contributed by atoms with Crippen molar-refractivity contribution in [2.24, 2.45) is 11.0 Å². The lowest BCUT2D eigenvalue weighted by molar-refractivity contribution is -0.384. The van der Waals surface area contributed by atoms with E-state index in [1.54, 1.807) is 0 Å². The highest BCUT2D eigenvalue weighted by atomic mass is 35.5. The van der Waals surface area contributed by atoms with Crippen LogP contribution >= 0.6 is 11.6 Å². The number of nitro groups is 1. The van der Waals surface area contributed by atoms with E-state index in [4.69, 9.17) is 21.4 Å². The molecule has 1 saturated carbocycles. The molecule has 3 aromatic carbocycles. The number of nitro benzene ring substituents is 1. The molecule has 0 aromatic heterocycles. The van der Waals surface area contributed by atoms with Crippen LogP contribution in [-0.4, -0.2) is 34.1 Å². The summed E-state index contributed by atoms with van der Waals surface area (Å²) in [6.45, 7) is -0.545. The Morgan fingerprint density at radius 3 is 2.47 bits per heavy atom. The fraction of sp³-hybridized carbons (Fsp3) is 0.207. The summed E-state index contributed by atoms with van der Waals surface area (Å²) in [7, 11) is 0. The number of hydrogen-bond acceptors (Lipinski definition) is 6. The van der Waals surface area contributed by atoms with Crippen molar-refractivity contribution in [1.29, 1.82) is 0 Å². The van der Waals surface area contributed by atoms with Crippen LogP contribution in [0, 0.1) is 16.0 Å². The zero-order valence-corrected chi connectivity index (χ0v) is 21.1. The molecule has 0 radical (unpaired) electrons. The Morgan fingerprint density at radius 2 is 1.79 bits per heavy atom. The van der Waals surface area contributed by atoms with Crippen molar-refractivity contribution in [3.8, 4) is 0 Å². The standard InChI is InChI=1S/C29H24ClN3O5/c30-25-17-22(33(36)37)14-15-23(25)29(35)38-18-26(34)32-28(20-10-5-2-6-11-20)24-13-7-12-21(27(24)31-32)16-19-8-3-1-4-9-19/h1-6,8-11,14-17,24,28H,7,12-13,18H2. The predicted molar refractivity (Wildman–Crippen MR) is 144 cm³/mol. The number of non-ortho nitro benzene ring substituents is 1. The monoisotopic (exact) mass is 529 g/mol. The van der Waals surface area contributed by atoms with Crippen LogP contribution in [0.3, 0.4) is 0 Å². The highest BCUT2D eigenvalue weighted by Crippen LogP contribution is 2.44. The SMILES string of the molecule is O=C(OCC(=O)N1N=C2C(=Cc3ccccc3)CCCC2C1c1ccccc1)c1ccc([N+](=O)[O-])cc1Cl. The Bertz CT molecular complexity index is 1440. The maximum atomic E-state index is 13.4. The number of fused-ring (bicyclic) bond motifs is 1. The minimum atomic E-state index is -0.844. The highest BCUT2D eigenvalue weighted by molar-refractivity contribution is 6.33. The lowest BCUT2D eigenvalue weighted by Gasteiger charge is -2.29. The number of hydrazone groups is 1. The third kappa shape index (κ3) is 5.21. The van der Waals surface area contributed by atoms with E-state index in [1.807, 2.05) is 60.7 Å². The summed E-state index contributed by atoms with van der Waals surface area (Å²) >= 11 is 6.05. The van der Waals surface area contributed by atoms with Gasteiger partial charge in [-0.2, -0.15) is 5.10 Å². The summed E-state index contributed by atoms with van der Waals surface area (Å²) in [6.07, 6.45) is 4.84. The van der Waals surface area contributed by atoms with Crippen LogP contribution in [0.15, 0.2) is 89.5 Å². The average molecular weight is 530 g/mol. The minimum Gasteiger partial charge on any atom is -0.452 e. The van der Waals surface area contributed by atoms with Crippen molar-refractivity contribution >= 4 is 41.0 Å². The topological polar surface area (TPSA) is 102 Å². The van der Waals surface area contributed by atoms with E-state index in [2.05, 4.69) is 6.08 Å². The third-order valence-corrected chi connectivity index (χ3v) is 7.06. The van der Waals surface area contributed by atoms with Gasteiger partial charge in [0.25, 0.3) is 11.6 Å². The van der Waals surface area contributed by atoms with Gasteiger partial charge >= 0.3 is 5.97 Å². The largest absolute Gasteiger partial charge is 0.452 e. The van der Waals surface area contributed by atoms with Crippen LogP contribution in [-0.2, 0) is 9.53 Å². The smallest absolute Gasteiger partial charge is 0.340 e. The van der Waals surface area contributed by atoms with Crippen molar-refractivity contribution in [2.75, 3.05) is 6.61 Å². The van der Waals surface area contributed by atoms with Crippen molar-refractivity contribution in [2.45, 2.75) is 25.3 Å². The number of nitrogens with zero attached hydrogens (tertiary/aromatic N) is 3. The fourth-order valence-electron chi connectivity index (χ4n) is 5.00. The number of esters is 1. The molecule has 0 N–H and O–H groups in total. The molecule has 8 nitrogen and oxygen atoms in total. The number of allylic oxidation sites excluding steroid dienone is 1. The molecule has 9 heteroatoms. The maximum Gasteiger partial charge on any atom is 0.340 e. The number of ether oxygens (including phenoxy) is 1. The van der Waals surface area contributed by atoms with Gasteiger partial charge in [0.15, 0.2) is 6.61 Å². The van der Waals surface area contributed by atoms with Gasteiger partial charge in [-0.1, -0.05) is 72.3 Å². The number of hydrogen-bond donors (Lipinski definition) is 0. The van der Waals surface area contributed by atoms with Crippen molar-refractivity contribution in [3.63, 3.8) is 0 Å². The van der Waals surface area contributed by atoms with Gasteiger partial charge in [-0.25, -0.2) is 9.80 Å². The molecule has 1 heterocycles. The summed E-state index contributed by atoms with van der Waals surface area (Å²) in [5.41, 5.74) is 3.70. The van der Waals surface area contributed by atoms with Crippen molar-refractivity contribution < 1.29 is 19.2 Å². The van der Waals surface area contributed by atoms with Crippen LogP contribution in [0.1, 0.15) is 46.8 Å². The normalized spacial score (nSPS) is 19.6. The second kappa shape index (κ2) is 11.0. The lowest BCUT2D eigenvalue weighted by Crippen LogP contribution is -2.34. The van der Waals surface area contributed by atoms with Crippen LogP contribution in [0.5, 0.6) is 0 Å². The Balaban J connectivity index is 1.40. The molecule has 1 aliphatic carbocycles. The predicted octanol–water partition coefficient (Wildman–Crippen LogP) is 6.23. The lowest BCUT2D eigenvalue weighted by atomic mass is 9.77. The molecule has 1 fully saturated rings. The van der Waals surface area contributed by atoms with Crippen LogP contribution in [0.4, 0.5) is 5.69 Å². The minimum absolute atomic E-state index is 0.0184. The molecule has 0 spiro atoms. The third-order valence-electron chi connectivity index (χ3n) is 6.75. The molecule has 1 amide bonds. The molecular weight excluding hydrogens is 506 g/mol. The van der Waals surface area contributed by atoms with Gasteiger partial charge in [-0.15, -0.1) is 0 Å². The number of rotatable bonds is 6. The quantitative estimate of drug-likeness (QED) is 0.214. The van der Waals surface area contributed by atoms with Crippen LogP contribution in [0.2, 0.25) is 5.02 Å². The number of carbonyl (C=O) groups excluding carboxylic acids is 2. The van der Waals surface area contributed by atoms with Gasteiger partial charge in [0.05, 0.1) is 27.3 Å². The molecule has 192 valence electrons. The van der Waals surface area contributed by atoms with E-state index in [0.29, 0.717) is 0 Å². The van der Waals surface area contributed by atoms with Gasteiger partial charge in [-0.05, 0) is 48.1 Å². The zero-order valence-electron chi connectivity index (χ0n) is 20.3. The molecule has 38 heavy (non-hydrogen) atoms. The van der Waals surface area contributed by atoms with E-state index in [1.165, 1.54) is 11.1 Å². The van der Waals surface area contributed by atoms with Gasteiger partial charge in [-0.3, -0.25) is 14.9 Å².